The Balaban J connectivity index is 1.52. The lowest BCUT2D eigenvalue weighted by molar-refractivity contribution is -0.140. The predicted octanol–water partition coefficient (Wildman–Crippen LogP) is 2.71. The van der Waals surface area contributed by atoms with E-state index in [-0.39, 0.29) is 11.6 Å². The molecule has 3 aromatic heterocycles. The van der Waals surface area contributed by atoms with E-state index in [1.807, 2.05) is 43.3 Å². The van der Waals surface area contributed by atoms with E-state index in [2.05, 4.69) is 24.8 Å². The highest BCUT2D eigenvalue weighted by Crippen LogP contribution is 2.31. The molecule has 10 nitrogen and oxygen atoms in total. The molecule has 1 aliphatic heterocycles. The average molecular weight is 508 g/mol. The molecule has 196 valence electrons. The Kier molecular flexibility index (Phi) is 7.88. The van der Waals surface area contributed by atoms with Crippen LogP contribution in [0.15, 0.2) is 18.7 Å². The lowest BCUT2D eigenvalue weighted by Gasteiger charge is -2.31. The first-order valence-corrected chi connectivity index (χ1v) is 11.8. The quantitative estimate of drug-likeness (QED) is 0.434. The Labute approximate surface area is 208 Å². The van der Waals surface area contributed by atoms with Gasteiger partial charge in [0.25, 0.3) is 0 Å². The summed E-state index contributed by atoms with van der Waals surface area (Å²) in [5, 5.41) is 0. The maximum Gasteiger partial charge on any atom is 0.406 e. The number of likely N-dealkylation sites (N-methyl/N-ethyl adjacent to an activating group) is 1. The topological polar surface area (TPSA) is 88.3 Å². The minimum atomic E-state index is -4.37. The predicted molar refractivity (Wildman–Crippen MR) is 130 cm³/mol. The van der Waals surface area contributed by atoms with E-state index >= 15 is 0 Å². The van der Waals surface area contributed by atoms with Crippen molar-refractivity contribution in [3.05, 3.63) is 30.1 Å². The van der Waals surface area contributed by atoms with Crippen molar-refractivity contribution in [1.29, 1.82) is 0 Å². The summed E-state index contributed by atoms with van der Waals surface area (Å²) < 4.78 is 45.7. The highest BCUT2D eigenvalue weighted by Gasteiger charge is 2.31. The maximum atomic E-state index is 13.2. The fraction of sp³-hybridized carbons (Fsp3) is 0.609. The van der Waals surface area contributed by atoms with Gasteiger partial charge in [0.05, 0.1) is 12.9 Å². The van der Waals surface area contributed by atoms with Gasteiger partial charge in [-0.1, -0.05) is 0 Å². The molecule has 13 heteroatoms. The van der Waals surface area contributed by atoms with E-state index in [9.17, 15) is 13.2 Å². The van der Waals surface area contributed by atoms with E-state index in [1.54, 1.807) is 7.11 Å². The van der Waals surface area contributed by atoms with Crippen LogP contribution in [0.25, 0.3) is 11.2 Å². The number of ether oxygens (including phenoxy) is 1. The summed E-state index contributed by atoms with van der Waals surface area (Å²) in [5.74, 6) is 1.79. The molecule has 0 unspecified atom stereocenters. The van der Waals surface area contributed by atoms with Crippen molar-refractivity contribution in [2.24, 2.45) is 0 Å². The van der Waals surface area contributed by atoms with Crippen molar-refractivity contribution in [2.75, 3.05) is 64.3 Å². The summed E-state index contributed by atoms with van der Waals surface area (Å²) in [6.07, 6.45) is 2.11. The second-order valence-corrected chi connectivity index (χ2v) is 9.32. The number of imidazole rings is 1. The van der Waals surface area contributed by atoms with Crippen molar-refractivity contribution in [2.45, 2.75) is 38.0 Å². The van der Waals surface area contributed by atoms with E-state index in [0.717, 1.165) is 42.6 Å². The number of aromatic nitrogens is 6. The van der Waals surface area contributed by atoms with Gasteiger partial charge in [-0.05, 0) is 25.9 Å². The molecule has 0 spiro atoms. The summed E-state index contributed by atoms with van der Waals surface area (Å²) in [6.45, 7) is 2.22. The van der Waals surface area contributed by atoms with Gasteiger partial charge < -0.3 is 19.1 Å². The molecule has 0 atom stereocenters. The Morgan fingerprint density at radius 3 is 2.36 bits per heavy atom. The van der Waals surface area contributed by atoms with Gasteiger partial charge >= 0.3 is 6.18 Å². The Morgan fingerprint density at radius 2 is 1.75 bits per heavy atom. The number of rotatable bonds is 9. The molecule has 0 aromatic carbocycles. The third-order valence-corrected chi connectivity index (χ3v) is 6.26. The third kappa shape index (κ3) is 6.19. The lowest BCUT2D eigenvalue weighted by Crippen LogP contribution is -2.33. The molecule has 1 fully saturated rings. The second kappa shape index (κ2) is 10.9. The van der Waals surface area contributed by atoms with Gasteiger partial charge in [0.15, 0.2) is 17.0 Å². The van der Waals surface area contributed by atoms with Crippen LogP contribution < -0.4 is 9.80 Å². The minimum absolute atomic E-state index is 0.0434. The number of fused-ring (bicyclic) bond motifs is 1. The van der Waals surface area contributed by atoms with Crippen LogP contribution in [-0.2, 0) is 17.8 Å². The van der Waals surface area contributed by atoms with Crippen LogP contribution in [0, 0.1) is 0 Å². The highest BCUT2D eigenvalue weighted by molar-refractivity contribution is 5.83. The largest absolute Gasteiger partial charge is 0.406 e. The van der Waals surface area contributed by atoms with Gasteiger partial charge in [-0.15, -0.1) is 0 Å². The molecule has 4 heterocycles. The Morgan fingerprint density at radius 1 is 1.06 bits per heavy atom. The molecule has 0 amide bonds. The number of methoxy groups -OCH3 is 1. The summed E-state index contributed by atoms with van der Waals surface area (Å²) in [5.41, 5.74) is 1.60. The number of piperidine rings is 1. The molecule has 0 radical (unpaired) electrons. The summed E-state index contributed by atoms with van der Waals surface area (Å²) in [4.78, 5) is 28.4. The van der Waals surface area contributed by atoms with Gasteiger partial charge in [0, 0.05) is 65.2 Å². The fourth-order valence-corrected chi connectivity index (χ4v) is 4.31. The normalized spacial score (nSPS) is 15.5. The van der Waals surface area contributed by atoms with Crippen LogP contribution in [-0.4, -0.2) is 95.1 Å². The van der Waals surface area contributed by atoms with Crippen molar-refractivity contribution >= 4 is 22.9 Å². The zero-order valence-corrected chi connectivity index (χ0v) is 21.0. The zero-order chi connectivity index (χ0) is 25.9. The highest BCUT2D eigenvalue weighted by atomic mass is 19.4. The standard InChI is InChI=1S/C23H32F3N9O/c1-32(2)22-27-11-16(12-28-22)13-34-7-5-17(6-8-34)19-30-20(33(3)9-10-36-4)18-21(31-19)35(15-29-18)14-23(24,25)26/h11-12,15,17H,5-10,13-14H2,1-4H3. The first-order valence-electron chi connectivity index (χ1n) is 11.8. The number of nitrogens with zero attached hydrogens (tertiary/aromatic N) is 9. The van der Waals surface area contributed by atoms with Crippen molar-refractivity contribution in [1.82, 2.24) is 34.4 Å². The molecule has 3 aromatic rings. The number of anilines is 2. The van der Waals surface area contributed by atoms with Gasteiger partial charge in [0.2, 0.25) is 5.95 Å². The Bertz CT molecular complexity index is 1140. The van der Waals surface area contributed by atoms with Gasteiger partial charge in [-0.3, -0.25) is 4.90 Å². The average Bonchev–Trinajstić information content (AvgIpc) is 3.23. The molecule has 1 aliphatic rings. The van der Waals surface area contributed by atoms with Crippen LogP contribution in [0.1, 0.15) is 30.1 Å². The number of alkyl halides is 3. The van der Waals surface area contributed by atoms with E-state index in [1.165, 1.54) is 6.33 Å². The number of halogens is 3. The second-order valence-electron chi connectivity index (χ2n) is 9.32. The van der Waals surface area contributed by atoms with E-state index < -0.39 is 12.7 Å². The first kappa shape index (κ1) is 26.0. The van der Waals surface area contributed by atoms with Crippen LogP contribution in [0.5, 0.6) is 0 Å². The SMILES string of the molecule is COCCN(C)c1nc(C2CCN(Cc3cnc(N(C)C)nc3)CC2)nc2c1ncn2CC(F)(F)F. The summed E-state index contributed by atoms with van der Waals surface area (Å²) >= 11 is 0. The summed E-state index contributed by atoms with van der Waals surface area (Å²) in [6, 6.07) is 0. The van der Waals surface area contributed by atoms with Crippen LogP contribution >= 0.6 is 0 Å². The molecule has 0 bridgehead atoms. The fourth-order valence-electron chi connectivity index (χ4n) is 4.31. The zero-order valence-electron chi connectivity index (χ0n) is 21.0. The molecule has 1 saturated heterocycles. The van der Waals surface area contributed by atoms with Gasteiger partial charge in [0.1, 0.15) is 12.4 Å². The maximum absolute atomic E-state index is 13.2. The molecule has 0 saturated carbocycles. The molecular formula is C23H32F3N9O. The third-order valence-electron chi connectivity index (χ3n) is 6.26. The Hall–Kier alpha value is -3.06. The van der Waals surface area contributed by atoms with Crippen molar-refractivity contribution in [3.63, 3.8) is 0 Å². The van der Waals surface area contributed by atoms with Gasteiger partial charge in [-0.25, -0.2) is 24.9 Å². The van der Waals surface area contributed by atoms with Crippen LogP contribution in [0.3, 0.4) is 0 Å². The molecule has 4 rings (SSSR count). The summed E-state index contributed by atoms with van der Waals surface area (Å²) in [7, 11) is 7.23. The van der Waals surface area contributed by atoms with E-state index in [0.29, 0.717) is 36.3 Å². The number of hydrogen-bond donors (Lipinski definition) is 0. The van der Waals surface area contributed by atoms with E-state index in [4.69, 9.17) is 9.72 Å². The lowest BCUT2D eigenvalue weighted by atomic mass is 9.95. The smallest absolute Gasteiger partial charge is 0.383 e. The van der Waals surface area contributed by atoms with Crippen molar-refractivity contribution < 1.29 is 17.9 Å². The molecule has 0 N–H and O–H groups in total. The minimum Gasteiger partial charge on any atom is -0.383 e. The van der Waals surface area contributed by atoms with Crippen LogP contribution in [0.2, 0.25) is 0 Å². The monoisotopic (exact) mass is 507 g/mol. The van der Waals surface area contributed by atoms with Crippen LogP contribution in [0.4, 0.5) is 24.9 Å². The molecule has 36 heavy (non-hydrogen) atoms. The number of likely N-dealkylation sites (tertiary alicyclic amines) is 1. The molecular weight excluding hydrogens is 475 g/mol. The first-order chi connectivity index (χ1) is 17.1. The molecule has 0 aliphatic carbocycles. The number of hydrogen-bond acceptors (Lipinski definition) is 9. The van der Waals surface area contributed by atoms with Crippen molar-refractivity contribution in [3.8, 4) is 0 Å². The van der Waals surface area contributed by atoms with Gasteiger partial charge in [-0.2, -0.15) is 13.2 Å².